The fraction of sp³-hybridized carbons (Fsp3) is 0.308. The van der Waals surface area contributed by atoms with E-state index in [9.17, 15) is 8.78 Å². The van der Waals surface area contributed by atoms with E-state index in [4.69, 9.17) is 5.73 Å². The molecule has 2 aromatic rings. The summed E-state index contributed by atoms with van der Waals surface area (Å²) >= 11 is 1.43. The van der Waals surface area contributed by atoms with Gasteiger partial charge in [-0.2, -0.15) is 0 Å². The molecule has 5 heteroatoms. The van der Waals surface area contributed by atoms with Gasteiger partial charge in [0.1, 0.15) is 5.01 Å². The predicted octanol–water partition coefficient (Wildman–Crippen LogP) is 3.67. The van der Waals surface area contributed by atoms with Crippen molar-refractivity contribution in [2.24, 2.45) is 5.73 Å². The van der Waals surface area contributed by atoms with Crippen LogP contribution in [0.4, 0.5) is 8.78 Å². The first-order valence-electron chi connectivity index (χ1n) is 5.64. The van der Waals surface area contributed by atoms with Crippen LogP contribution in [0.1, 0.15) is 25.3 Å². The van der Waals surface area contributed by atoms with Crippen molar-refractivity contribution >= 4 is 11.3 Å². The van der Waals surface area contributed by atoms with Crippen molar-refractivity contribution in [3.05, 3.63) is 40.2 Å². The zero-order chi connectivity index (χ0) is 13.3. The minimum absolute atomic E-state index is 0.485. The fourth-order valence-corrected chi connectivity index (χ4v) is 2.45. The lowest BCUT2D eigenvalue weighted by Crippen LogP contribution is -2.31. The van der Waals surface area contributed by atoms with Crippen LogP contribution in [0, 0.1) is 11.6 Å². The molecule has 0 spiro atoms. The first kappa shape index (κ1) is 13.1. The van der Waals surface area contributed by atoms with E-state index in [1.54, 1.807) is 0 Å². The Bertz CT molecular complexity index is 564. The molecule has 1 aromatic heterocycles. The average molecular weight is 268 g/mol. The van der Waals surface area contributed by atoms with E-state index in [1.807, 2.05) is 19.2 Å². The zero-order valence-electron chi connectivity index (χ0n) is 10.2. The fourth-order valence-electron chi connectivity index (χ4n) is 1.48. The third-order valence-electron chi connectivity index (χ3n) is 2.94. The second-order valence-corrected chi connectivity index (χ2v) is 5.30. The maximum atomic E-state index is 13.1. The lowest BCUT2D eigenvalue weighted by atomic mass is 10.0. The number of thiazole rings is 1. The van der Waals surface area contributed by atoms with Gasteiger partial charge in [0.2, 0.25) is 0 Å². The van der Waals surface area contributed by atoms with Crippen molar-refractivity contribution in [2.75, 3.05) is 0 Å². The predicted molar refractivity (Wildman–Crippen MR) is 69.3 cm³/mol. The molecule has 2 rings (SSSR count). The lowest BCUT2D eigenvalue weighted by molar-refractivity contribution is 0.474. The molecule has 18 heavy (non-hydrogen) atoms. The molecule has 2 N–H and O–H groups in total. The Labute approximate surface area is 108 Å². The third-order valence-corrected chi connectivity index (χ3v) is 4.06. The zero-order valence-corrected chi connectivity index (χ0v) is 11.0. The summed E-state index contributed by atoms with van der Waals surface area (Å²) in [5, 5.41) is 2.60. The first-order chi connectivity index (χ1) is 8.44. The van der Waals surface area contributed by atoms with Crippen LogP contribution in [0.2, 0.25) is 0 Å². The Morgan fingerprint density at radius 2 is 2.06 bits per heavy atom. The number of nitrogens with two attached hydrogens (primary N) is 1. The highest BCUT2D eigenvalue weighted by atomic mass is 32.1. The molecule has 0 bridgehead atoms. The molecule has 96 valence electrons. The Hall–Kier alpha value is -1.33. The van der Waals surface area contributed by atoms with Gasteiger partial charge in [-0.15, -0.1) is 11.3 Å². The van der Waals surface area contributed by atoms with Gasteiger partial charge in [-0.25, -0.2) is 13.8 Å². The molecule has 0 radical (unpaired) electrons. The van der Waals surface area contributed by atoms with Gasteiger partial charge in [-0.05, 0) is 31.5 Å². The van der Waals surface area contributed by atoms with Gasteiger partial charge in [0.15, 0.2) is 11.6 Å². The van der Waals surface area contributed by atoms with Crippen LogP contribution in [0.5, 0.6) is 0 Å². The molecule has 0 amide bonds. The van der Waals surface area contributed by atoms with Crippen molar-refractivity contribution in [2.45, 2.75) is 25.8 Å². The van der Waals surface area contributed by atoms with E-state index in [2.05, 4.69) is 4.98 Å². The highest BCUT2D eigenvalue weighted by Crippen LogP contribution is 2.29. The van der Waals surface area contributed by atoms with E-state index >= 15 is 0 Å². The highest BCUT2D eigenvalue weighted by Gasteiger charge is 2.22. The molecule has 1 aromatic carbocycles. The Balaban J connectivity index is 2.38. The van der Waals surface area contributed by atoms with Crippen LogP contribution in [0.3, 0.4) is 0 Å². The Morgan fingerprint density at radius 1 is 1.33 bits per heavy atom. The number of hydrogen-bond donors (Lipinski definition) is 1. The third kappa shape index (κ3) is 2.42. The van der Waals surface area contributed by atoms with Gasteiger partial charge in [0.05, 0.1) is 11.2 Å². The van der Waals surface area contributed by atoms with Crippen molar-refractivity contribution in [3.8, 4) is 11.3 Å². The number of rotatable bonds is 3. The van der Waals surface area contributed by atoms with E-state index in [1.165, 1.54) is 17.4 Å². The SMILES string of the molecule is CCC(C)(N)c1nc(-c2ccc(F)c(F)c2)cs1. The van der Waals surface area contributed by atoms with Gasteiger partial charge >= 0.3 is 0 Å². The molecular formula is C13H14F2N2S. The highest BCUT2D eigenvalue weighted by molar-refractivity contribution is 7.10. The second-order valence-electron chi connectivity index (χ2n) is 4.44. The minimum Gasteiger partial charge on any atom is -0.320 e. The largest absolute Gasteiger partial charge is 0.320 e. The summed E-state index contributed by atoms with van der Waals surface area (Å²) in [5.74, 6) is -1.72. The van der Waals surface area contributed by atoms with Crippen LogP contribution in [0.25, 0.3) is 11.3 Å². The summed E-state index contributed by atoms with van der Waals surface area (Å²) in [6, 6.07) is 3.76. The smallest absolute Gasteiger partial charge is 0.159 e. The summed E-state index contributed by atoms with van der Waals surface area (Å²) in [4.78, 5) is 4.40. The van der Waals surface area contributed by atoms with Crippen LogP contribution >= 0.6 is 11.3 Å². The number of hydrogen-bond acceptors (Lipinski definition) is 3. The molecule has 0 aliphatic carbocycles. The van der Waals surface area contributed by atoms with Gasteiger partial charge in [0, 0.05) is 10.9 Å². The van der Waals surface area contributed by atoms with Crippen molar-refractivity contribution < 1.29 is 8.78 Å². The molecule has 0 saturated carbocycles. The maximum Gasteiger partial charge on any atom is 0.159 e. The Kier molecular flexibility index (Phi) is 3.45. The summed E-state index contributed by atoms with van der Waals surface area (Å²) < 4.78 is 26.0. The van der Waals surface area contributed by atoms with Gasteiger partial charge in [-0.3, -0.25) is 0 Å². The molecule has 2 nitrogen and oxygen atoms in total. The number of nitrogens with zero attached hydrogens (tertiary/aromatic N) is 1. The standard InChI is InChI=1S/C13H14F2N2S/c1-3-13(2,16)12-17-11(7-18-12)8-4-5-9(14)10(15)6-8/h4-7H,3,16H2,1-2H3. The molecule has 1 unspecified atom stereocenters. The molecule has 0 aliphatic heterocycles. The summed E-state index contributed by atoms with van der Waals surface area (Å²) in [5.41, 5.74) is 6.79. The monoisotopic (exact) mass is 268 g/mol. The molecule has 1 atom stereocenters. The topological polar surface area (TPSA) is 38.9 Å². The quantitative estimate of drug-likeness (QED) is 0.922. The van der Waals surface area contributed by atoms with Gasteiger partial charge in [-0.1, -0.05) is 6.92 Å². The summed E-state index contributed by atoms with van der Waals surface area (Å²) in [6.07, 6.45) is 0.762. The van der Waals surface area contributed by atoms with Crippen LogP contribution in [-0.2, 0) is 5.54 Å². The molecule has 0 fully saturated rings. The van der Waals surface area contributed by atoms with E-state index in [-0.39, 0.29) is 0 Å². The number of benzene rings is 1. The van der Waals surface area contributed by atoms with Gasteiger partial charge < -0.3 is 5.73 Å². The van der Waals surface area contributed by atoms with Gasteiger partial charge in [0.25, 0.3) is 0 Å². The maximum absolute atomic E-state index is 13.1. The lowest BCUT2D eigenvalue weighted by Gasteiger charge is -2.18. The van der Waals surface area contributed by atoms with E-state index in [0.717, 1.165) is 23.6 Å². The molecule has 0 aliphatic rings. The summed E-state index contributed by atoms with van der Waals surface area (Å²) in [7, 11) is 0. The number of aromatic nitrogens is 1. The molecular weight excluding hydrogens is 254 g/mol. The van der Waals surface area contributed by atoms with Crippen molar-refractivity contribution in [3.63, 3.8) is 0 Å². The van der Waals surface area contributed by atoms with Crippen LogP contribution in [-0.4, -0.2) is 4.98 Å². The normalized spacial score (nSPS) is 14.5. The van der Waals surface area contributed by atoms with E-state index in [0.29, 0.717) is 11.3 Å². The second kappa shape index (κ2) is 4.74. The van der Waals surface area contributed by atoms with Crippen LogP contribution in [0.15, 0.2) is 23.6 Å². The molecule has 0 saturated heterocycles. The summed E-state index contributed by atoms with van der Waals surface area (Å²) in [6.45, 7) is 3.89. The first-order valence-corrected chi connectivity index (χ1v) is 6.52. The van der Waals surface area contributed by atoms with Crippen molar-refractivity contribution in [1.29, 1.82) is 0 Å². The number of halogens is 2. The van der Waals surface area contributed by atoms with E-state index < -0.39 is 17.2 Å². The van der Waals surface area contributed by atoms with Crippen LogP contribution < -0.4 is 5.73 Å². The average Bonchev–Trinajstić information content (AvgIpc) is 2.83. The molecule has 1 heterocycles. The van der Waals surface area contributed by atoms with Crippen molar-refractivity contribution in [1.82, 2.24) is 4.98 Å². The Morgan fingerprint density at radius 3 is 2.67 bits per heavy atom. The minimum atomic E-state index is -0.868.